The molecule has 4 aliphatic rings. The number of hydrogen-bond acceptors (Lipinski definition) is 10. The topological polar surface area (TPSA) is 202 Å². The molecule has 2 aromatic carbocycles. The summed E-state index contributed by atoms with van der Waals surface area (Å²) in [5, 5.41) is 32.2. The number of rotatable bonds is 5. The zero-order chi connectivity index (χ0) is 30.0. The molecule has 42 heavy (non-hydrogen) atoms. The number of nitrogens with zero attached hydrogens (tertiary/aromatic N) is 2. The van der Waals surface area contributed by atoms with Gasteiger partial charge < -0.3 is 31.3 Å². The molecule has 1 spiro atoms. The van der Waals surface area contributed by atoms with Gasteiger partial charge in [-0.05, 0) is 37.0 Å². The maximum atomic E-state index is 13.6. The van der Waals surface area contributed by atoms with Crippen molar-refractivity contribution in [2.24, 2.45) is 16.5 Å². The smallest absolute Gasteiger partial charge is 0.343 e. The van der Waals surface area contributed by atoms with Crippen LogP contribution in [0.4, 0.5) is 0 Å². The lowest BCUT2D eigenvalue weighted by Gasteiger charge is -2.46. The zero-order valence-electron chi connectivity index (χ0n) is 23.8. The normalized spacial score (nSPS) is 28.2. The van der Waals surface area contributed by atoms with Crippen LogP contribution in [0.1, 0.15) is 52.1 Å². The number of benzene rings is 2. The minimum Gasteiger partial charge on any atom is -0.492 e. The summed E-state index contributed by atoms with van der Waals surface area (Å²) in [4.78, 5) is 35.6. The number of para-hydroxylation sites is 1. The van der Waals surface area contributed by atoms with Crippen LogP contribution in [0.15, 0.2) is 47.5 Å². The van der Waals surface area contributed by atoms with E-state index >= 15 is 0 Å². The van der Waals surface area contributed by atoms with Gasteiger partial charge in [0.25, 0.3) is 17.5 Å². The number of nitrogens with one attached hydrogen (secondary N) is 4. The Morgan fingerprint density at radius 2 is 1.95 bits per heavy atom. The Kier molecular flexibility index (Phi) is 6.35. The third-order valence-corrected chi connectivity index (χ3v) is 8.90. The predicted octanol–water partition coefficient (Wildman–Crippen LogP) is -2.66. The minimum absolute atomic E-state index is 0.0106. The molecule has 4 heterocycles. The number of ether oxygens (including phenoxy) is 1. The molecule has 13 heteroatoms. The number of carbonyl (C=O) groups excluding carboxylic acids is 2. The van der Waals surface area contributed by atoms with Crippen molar-refractivity contribution < 1.29 is 29.5 Å². The number of hydrogen-bond donors (Lipinski definition) is 8. The molecule has 0 bridgehead atoms. The highest BCUT2D eigenvalue weighted by molar-refractivity contribution is 5.98. The number of aryl methyl sites for hydroxylation is 1. The lowest BCUT2D eigenvalue weighted by molar-refractivity contribution is -0.521. The Morgan fingerprint density at radius 3 is 2.71 bits per heavy atom. The largest absolute Gasteiger partial charge is 0.492 e. The highest BCUT2D eigenvalue weighted by Gasteiger charge is 2.76. The van der Waals surface area contributed by atoms with Crippen LogP contribution in [0.3, 0.4) is 0 Å². The quantitative estimate of drug-likeness (QED) is 0.175. The fourth-order valence-electron chi connectivity index (χ4n) is 6.61. The van der Waals surface area contributed by atoms with Crippen LogP contribution >= 0.6 is 0 Å². The molecular formula is C29H37N8O5+. The van der Waals surface area contributed by atoms with Crippen LogP contribution in [-0.4, -0.2) is 88.1 Å². The van der Waals surface area contributed by atoms with Gasteiger partial charge in [-0.1, -0.05) is 43.7 Å². The van der Waals surface area contributed by atoms with Gasteiger partial charge in [-0.3, -0.25) is 25.2 Å². The summed E-state index contributed by atoms with van der Waals surface area (Å²) in [6, 6.07) is 9.79. The van der Waals surface area contributed by atoms with Crippen LogP contribution in [0.2, 0.25) is 0 Å². The van der Waals surface area contributed by atoms with Crippen LogP contribution in [0.5, 0.6) is 5.75 Å². The van der Waals surface area contributed by atoms with Crippen LogP contribution in [0, 0.1) is 6.92 Å². The average molecular weight is 578 g/mol. The van der Waals surface area contributed by atoms with Crippen molar-refractivity contribution in [3.05, 3.63) is 64.7 Å². The summed E-state index contributed by atoms with van der Waals surface area (Å²) in [6.07, 6.45) is 0.810. The van der Waals surface area contributed by atoms with Crippen molar-refractivity contribution in [2.45, 2.75) is 62.2 Å². The summed E-state index contributed by atoms with van der Waals surface area (Å²) in [7, 11) is 0. The van der Waals surface area contributed by atoms with E-state index in [0.29, 0.717) is 23.5 Å². The van der Waals surface area contributed by atoms with Gasteiger partial charge in [-0.25, -0.2) is 10.3 Å². The molecule has 4 atom stereocenters. The van der Waals surface area contributed by atoms with Gasteiger partial charge in [-0.15, -0.1) is 0 Å². The lowest BCUT2D eigenvalue weighted by Crippen LogP contribution is -2.90. The van der Waals surface area contributed by atoms with Gasteiger partial charge in [-0.2, -0.15) is 0 Å². The first-order chi connectivity index (χ1) is 19.8. The number of aliphatic hydroxyl groups is 2. The molecule has 1 unspecified atom stereocenters. The molecule has 1 fully saturated rings. The summed E-state index contributed by atoms with van der Waals surface area (Å²) < 4.78 is 5.91. The molecule has 222 valence electrons. The van der Waals surface area contributed by atoms with Crippen molar-refractivity contribution >= 4 is 23.7 Å². The maximum Gasteiger partial charge on any atom is 0.343 e. The third kappa shape index (κ3) is 4.14. The molecule has 1 saturated heterocycles. The van der Waals surface area contributed by atoms with E-state index in [1.165, 1.54) is 4.90 Å². The molecule has 0 saturated carbocycles. The van der Waals surface area contributed by atoms with E-state index < -0.39 is 35.5 Å². The highest BCUT2D eigenvalue weighted by Crippen LogP contribution is 2.43. The minimum atomic E-state index is -2.57. The van der Waals surface area contributed by atoms with E-state index in [2.05, 4.69) is 39.8 Å². The molecular weight excluding hydrogens is 540 g/mol. The van der Waals surface area contributed by atoms with Gasteiger partial charge in [0.15, 0.2) is 12.0 Å². The standard InChI is InChI=1S/C29H36N8O5/c1-15-6-4-7-16(12-15)23(38)32-13-19-22-28(36-25(30)35-22)29(40,41)20(14-37(28)26(31)33-19)34-24(39)17-8-5-9-18-21(17)42-11-10-27(18,2)3/h4-9,12,19-20,22,40-41H,10-11,13-14H2,1-3H3,(H2,31,33)(H,32,38)(H,34,39)(H3,30,35,36)/p+1/t19-,20?,22-,28-/m0/s1. The van der Waals surface area contributed by atoms with Crippen molar-refractivity contribution in [1.29, 1.82) is 0 Å². The summed E-state index contributed by atoms with van der Waals surface area (Å²) in [5.74, 6) is -2.82. The number of fused-ring (bicyclic) bond motifs is 1. The Labute approximate surface area is 243 Å². The Hall–Kier alpha value is -4.36. The zero-order valence-corrected chi connectivity index (χ0v) is 23.8. The number of aliphatic imine (C=N–C) groups is 1. The van der Waals surface area contributed by atoms with Gasteiger partial charge in [0.1, 0.15) is 17.8 Å². The van der Waals surface area contributed by atoms with Crippen LogP contribution in [-0.2, 0) is 5.41 Å². The van der Waals surface area contributed by atoms with Crippen LogP contribution < -0.4 is 37.1 Å². The van der Waals surface area contributed by atoms with Crippen molar-refractivity contribution in [3.63, 3.8) is 0 Å². The first-order valence-electron chi connectivity index (χ1n) is 14.0. The Bertz CT molecular complexity index is 1520. The van der Waals surface area contributed by atoms with Gasteiger partial charge in [0, 0.05) is 17.7 Å². The van der Waals surface area contributed by atoms with E-state index in [9.17, 15) is 19.8 Å². The van der Waals surface area contributed by atoms with Crippen molar-refractivity contribution in [1.82, 2.24) is 20.9 Å². The molecule has 2 amide bonds. The van der Waals surface area contributed by atoms with Crippen molar-refractivity contribution in [2.75, 3.05) is 19.7 Å². The summed E-state index contributed by atoms with van der Waals surface area (Å²) in [6.45, 7) is 6.51. The second kappa shape index (κ2) is 9.60. The second-order valence-corrected chi connectivity index (χ2v) is 12.1. The SMILES string of the molecule is Cc1cccc(C(=O)NC[C@@H]2N=C(N)N3CC(NC(=O)c4cccc5c4OCCC5(C)C)C(O)(O)[C@@]34NC(N)=[NH+][C@@H]24)c1. The first kappa shape index (κ1) is 27.8. The van der Waals surface area contributed by atoms with Gasteiger partial charge in [0.2, 0.25) is 5.79 Å². The highest BCUT2D eigenvalue weighted by atomic mass is 16.5. The summed E-state index contributed by atoms with van der Waals surface area (Å²) >= 11 is 0. The van der Waals surface area contributed by atoms with E-state index in [-0.39, 0.29) is 36.3 Å². The van der Waals surface area contributed by atoms with E-state index in [0.717, 1.165) is 17.5 Å². The predicted molar refractivity (Wildman–Crippen MR) is 153 cm³/mol. The third-order valence-electron chi connectivity index (χ3n) is 8.90. The molecule has 4 aliphatic heterocycles. The molecule has 0 radical (unpaired) electrons. The Balaban J connectivity index is 1.26. The Morgan fingerprint density at radius 1 is 1.19 bits per heavy atom. The van der Waals surface area contributed by atoms with Gasteiger partial charge >= 0.3 is 5.96 Å². The van der Waals surface area contributed by atoms with E-state index in [1.807, 2.05) is 19.1 Å². The maximum absolute atomic E-state index is 13.6. The molecule has 10 N–H and O–H groups in total. The van der Waals surface area contributed by atoms with Gasteiger partial charge in [0.05, 0.1) is 18.7 Å². The average Bonchev–Trinajstić information content (AvgIpc) is 3.40. The fraction of sp³-hybridized carbons (Fsp3) is 0.448. The lowest BCUT2D eigenvalue weighted by atomic mass is 9.79. The molecule has 13 nitrogen and oxygen atoms in total. The number of nitrogens with two attached hydrogens (primary N) is 2. The van der Waals surface area contributed by atoms with E-state index in [4.69, 9.17) is 16.2 Å². The van der Waals surface area contributed by atoms with E-state index in [1.54, 1.807) is 30.3 Å². The molecule has 0 aromatic heterocycles. The number of carbonyl (C=O) groups is 2. The second-order valence-electron chi connectivity index (χ2n) is 12.1. The van der Waals surface area contributed by atoms with Crippen molar-refractivity contribution in [3.8, 4) is 5.75 Å². The molecule has 6 rings (SSSR count). The molecule has 0 aliphatic carbocycles. The molecule has 2 aromatic rings. The monoisotopic (exact) mass is 577 g/mol. The fourth-order valence-corrected chi connectivity index (χ4v) is 6.61. The number of guanidine groups is 2. The first-order valence-corrected chi connectivity index (χ1v) is 14.0. The summed E-state index contributed by atoms with van der Waals surface area (Å²) in [5.41, 5.74) is 13.3. The number of amides is 2. The van der Waals surface area contributed by atoms with Crippen LogP contribution in [0.25, 0.3) is 0 Å².